The number of halogens is 1. The topological polar surface area (TPSA) is 44.5 Å². The second-order valence-corrected chi connectivity index (χ2v) is 5.76. The molecule has 1 aliphatic heterocycles. The van der Waals surface area contributed by atoms with Crippen LogP contribution in [-0.2, 0) is 0 Å². The van der Waals surface area contributed by atoms with Gasteiger partial charge >= 0.3 is 0 Å². The van der Waals surface area contributed by atoms with E-state index in [0.717, 1.165) is 27.1 Å². The average molecular weight is 334 g/mol. The monoisotopic (exact) mass is 333 g/mol. The first-order valence-corrected chi connectivity index (χ1v) is 7.35. The fourth-order valence-corrected chi connectivity index (χ4v) is 2.84. The molecular formula is C16H16BrNO2. The first kappa shape index (κ1) is 13.5. The number of hydrogen-bond acceptors (Lipinski definition) is 3. The van der Waals surface area contributed by atoms with Crippen molar-refractivity contribution < 1.29 is 9.47 Å². The number of ether oxygens (including phenoxy) is 2. The number of fused-ring (bicyclic) bond motifs is 1. The molecule has 0 saturated heterocycles. The normalized spacial score (nSPS) is 14.9. The second-order valence-electron chi connectivity index (χ2n) is 4.91. The predicted octanol–water partition coefficient (Wildman–Crippen LogP) is 3.58. The van der Waals surface area contributed by atoms with E-state index in [0.29, 0.717) is 13.2 Å². The molecule has 2 aromatic carbocycles. The second kappa shape index (κ2) is 5.46. The van der Waals surface area contributed by atoms with Crippen LogP contribution in [0.2, 0.25) is 0 Å². The summed E-state index contributed by atoms with van der Waals surface area (Å²) in [5.41, 5.74) is 9.67. The van der Waals surface area contributed by atoms with Gasteiger partial charge in [-0.3, -0.25) is 0 Å². The van der Waals surface area contributed by atoms with Crippen molar-refractivity contribution in [2.45, 2.75) is 13.0 Å². The van der Waals surface area contributed by atoms with Crippen LogP contribution in [0.4, 0.5) is 0 Å². The maximum Gasteiger partial charge on any atom is 0.162 e. The van der Waals surface area contributed by atoms with Crippen LogP contribution in [0.5, 0.6) is 11.5 Å². The quantitative estimate of drug-likeness (QED) is 0.913. The third-order valence-electron chi connectivity index (χ3n) is 3.43. The Balaban J connectivity index is 1.98. The minimum absolute atomic E-state index is 0.194. The van der Waals surface area contributed by atoms with Crippen LogP contribution in [0, 0.1) is 6.92 Å². The Morgan fingerprint density at radius 2 is 1.65 bits per heavy atom. The third-order valence-corrected chi connectivity index (χ3v) is 4.12. The van der Waals surface area contributed by atoms with E-state index in [-0.39, 0.29) is 6.04 Å². The molecule has 0 spiro atoms. The maximum absolute atomic E-state index is 6.37. The Morgan fingerprint density at radius 1 is 1.05 bits per heavy atom. The van der Waals surface area contributed by atoms with Crippen LogP contribution in [0.15, 0.2) is 40.9 Å². The van der Waals surface area contributed by atoms with Gasteiger partial charge in [0.15, 0.2) is 11.5 Å². The lowest BCUT2D eigenvalue weighted by atomic mass is 9.98. The number of nitrogens with two attached hydrogens (primary N) is 1. The molecule has 0 aliphatic carbocycles. The highest BCUT2D eigenvalue weighted by Gasteiger charge is 2.19. The number of aryl methyl sites for hydroxylation is 1. The van der Waals surface area contributed by atoms with Gasteiger partial charge in [0.05, 0.1) is 6.04 Å². The highest BCUT2D eigenvalue weighted by molar-refractivity contribution is 9.10. The summed E-state index contributed by atoms with van der Waals surface area (Å²) in [6.07, 6.45) is 0. The van der Waals surface area contributed by atoms with Crippen LogP contribution in [-0.4, -0.2) is 13.2 Å². The fourth-order valence-electron chi connectivity index (χ4n) is 2.27. The minimum Gasteiger partial charge on any atom is -0.486 e. The van der Waals surface area contributed by atoms with Crippen LogP contribution >= 0.6 is 15.9 Å². The van der Waals surface area contributed by atoms with Gasteiger partial charge in [-0.15, -0.1) is 0 Å². The molecule has 3 nitrogen and oxygen atoms in total. The molecule has 3 rings (SSSR count). The van der Waals surface area contributed by atoms with Crippen molar-refractivity contribution in [3.8, 4) is 11.5 Å². The zero-order valence-corrected chi connectivity index (χ0v) is 12.8. The molecule has 1 unspecified atom stereocenters. The van der Waals surface area contributed by atoms with Gasteiger partial charge in [0.1, 0.15) is 13.2 Å². The average Bonchev–Trinajstić information content (AvgIpc) is 2.46. The standard InChI is InChI=1S/C16H16BrNO2/c1-10-2-4-11(5-3-10)16(18)12-8-14-15(9-13(12)17)20-7-6-19-14/h2-5,8-9,16H,6-7,18H2,1H3. The van der Waals surface area contributed by atoms with Gasteiger partial charge in [-0.2, -0.15) is 0 Å². The Hall–Kier alpha value is -1.52. The third kappa shape index (κ3) is 2.53. The number of benzene rings is 2. The van der Waals surface area contributed by atoms with E-state index < -0.39 is 0 Å². The minimum atomic E-state index is -0.194. The Kier molecular flexibility index (Phi) is 3.68. The summed E-state index contributed by atoms with van der Waals surface area (Å²) in [6.45, 7) is 3.23. The molecule has 0 aromatic heterocycles. The summed E-state index contributed by atoms with van der Waals surface area (Å²) in [5.74, 6) is 1.53. The van der Waals surface area contributed by atoms with Crippen LogP contribution in [0.25, 0.3) is 0 Å². The molecule has 2 N–H and O–H groups in total. The fraction of sp³-hybridized carbons (Fsp3) is 0.250. The number of rotatable bonds is 2. The smallest absolute Gasteiger partial charge is 0.162 e. The summed E-state index contributed by atoms with van der Waals surface area (Å²) >= 11 is 3.57. The summed E-state index contributed by atoms with van der Waals surface area (Å²) in [5, 5.41) is 0. The van der Waals surface area contributed by atoms with Crippen molar-refractivity contribution in [2.24, 2.45) is 5.73 Å². The Morgan fingerprint density at radius 3 is 2.30 bits per heavy atom. The highest BCUT2D eigenvalue weighted by Crippen LogP contribution is 2.38. The summed E-state index contributed by atoms with van der Waals surface area (Å²) in [6, 6.07) is 12.0. The molecule has 0 saturated carbocycles. The van der Waals surface area contributed by atoms with E-state index in [9.17, 15) is 0 Å². The van der Waals surface area contributed by atoms with E-state index in [2.05, 4.69) is 47.1 Å². The Bertz CT molecular complexity index is 625. The van der Waals surface area contributed by atoms with E-state index in [1.807, 2.05) is 12.1 Å². The summed E-state index contributed by atoms with van der Waals surface area (Å²) in [7, 11) is 0. The molecule has 4 heteroatoms. The van der Waals surface area contributed by atoms with Gasteiger partial charge in [-0.25, -0.2) is 0 Å². The molecule has 0 fully saturated rings. The van der Waals surface area contributed by atoms with Crippen molar-refractivity contribution in [1.29, 1.82) is 0 Å². The van der Waals surface area contributed by atoms with Crippen LogP contribution < -0.4 is 15.2 Å². The number of hydrogen-bond donors (Lipinski definition) is 1. The van der Waals surface area contributed by atoms with E-state index in [4.69, 9.17) is 15.2 Å². The molecule has 1 aliphatic rings. The first-order chi connectivity index (χ1) is 9.65. The molecule has 1 heterocycles. The van der Waals surface area contributed by atoms with E-state index >= 15 is 0 Å². The van der Waals surface area contributed by atoms with Gasteiger partial charge in [0.25, 0.3) is 0 Å². The van der Waals surface area contributed by atoms with E-state index in [1.54, 1.807) is 0 Å². The van der Waals surface area contributed by atoms with Crippen LogP contribution in [0.3, 0.4) is 0 Å². The van der Waals surface area contributed by atoms with E-state index in [1.165, 1.54) is 5.56 Å². The van der Waals surface area contributed by atoms with Crippen molar-refractivity contribution in [1.82, 2.24) is 0 Å². The first-order valence-electron chi connectivity index (χ1n) is 6.56. The molecule has 104 valence electrons. The summed E-state index contributed by atoms with van der Waals surface area (Å²) < 4.78 is 12.1. The highest BCUT2D eigenvalue weighted by atomic mass is 79.9. The van der Waals surface area contributed by atoms with Crippen LogP contribution in [0.1, 0.15) is 22.7 Å². The zero-order valence-electron chi connectivity index (χ0n) is 11.2. The largest absolute Gasteiger partial charge is 0.486 e. The summed E-state index contributed by atoms with van der Waals surface area (Å²) in [4.78, 5) is 0. The molecule has 0 radical (unpaired) electrons. The SMILES string of the molecule is Cc1ccc(C(N)c2cc3c(cc2Br)OCCO3)cc1. The zero-order chi connectivity index (χ0) is 14.1. The van der Waals surface area contributed by atoms with Crippen molar-refractivity contribution in [3.05, 3.63) is 57.6 Å². The molecule has 2 aromatic rings. The van der Waals surface area contributed by atoms with Gasteiger partial charge < -0.3 is 15.2 Å². The molecule has 0 bridgehead atoms. The lowest BCUT2D eigenvalue weighted by Crippen LogP contribution is -2.17. The Labute approximate surface area is 126 Å². The van der Waals surface area contributed by atoms with Gasteiger partial charge in [-0.05, 0) is 30.2 Å². The molecule has 20 heavy (non-hydrogen) atoms. The lowest BCUT2D eigenvalue weighted by molar-refractivity contribution is 0.171. The molecular weight excluding hydrogens is 318 g/mol. The lowest BCUT2D eigenvalue weighted by Gasteiger charge is -2.22. The van der Waals surface area contributed by atoms with Crippen molar-refractivity contribution in [2.75, 3.05) is 13.2 Å². The maximum atomic E-state index is 6.37. The van der Waals surface area contributed by atoms with Crippen molar-refractivity contribution >= 4 is 15.9 Å². The van der Waals surface area contributed by atoms with Gasteiger partial charge in [-0.1, -0.05) is 45.8 Å². The van der Waals surface area contributed by atoms with Gasteiger partial charge in [0.2, 0.25) is 0 Å². The molecule has 0 amide bonds. The van der Waals surface area contributed by atoms with Gasteiger partial charge in [0, 0.05) is 4.47 Å². The molecule has 1 atom stereocenters. The van der Waals surface area contributed by atoms with Crippen molar-refractivity contribution in [3.63, 3.8) is 0 Å². The predicted molar refractivity (Wildman–Crippen MR) is 82.3 cm³/mol.